The largest absolute Gasteiger partial charge is 0.463 e. The van der Waals surface area contributed by atoms with Crippen LogP contribution in [0.15, 0.2) is 18.2 Å². The van der Waals surface area contributed by atoms with E-state index >= 15 is 0 Å². The summed E-state index contributed by atoms with van der Waals surface area (Å²) in [6.07, 6.45) is 6.51. The molecular formula is C22H37NO4. The average Bonchev–Trinajstić information content (AvgIpc) is 2.65. The number of ether oxygens (including phenoxy) is 3. The highest BCUT2D eigenvalue weighted by atomic mass is 16.7. The molecule has 1 aromatic rings. The third-order valence-electron chi connectivity index (χ3n) is 4.77. The van der Waals surface area contributed by atoms with E-state index in [0.29, 0.717) is 13.2 Å². The molecule has 0 amide bonds. The van der Waals surface area contributed by atoms with E-state index in [1.807, 2.05) is 32.0 Å². The fourth-order valence-corrected chi connectivity index (χ4v) is 3.08. The Labute approximate surface area is 164 Å². The first-order valence-corrected chi connectivity index (χ1v) is 10.4. The standard InChI is InChI=1S/C22H37NO4/c1-4-5-13-25-14-9-7-6-8-12-23-16-20(24)18-10-11-21-19(15-18)17-26-22(2,3)27-21/h10-11,15,20,23-24H,4-9,12-14,16-17H2,1-3H3. The van der Waals surface area contributed by atoms with Crippen LogP contribution >= 0.6 is 0 Å². The Balaban J connectivity index is 1.57. The van der Waals surface area contributed by atoms with Gasteiger partial charge in [-0.3, -0.25) is 0 Å². The van der Waals surface area contributed by atoms with Crippen LogP contribution in [0.2, 0.25) is 0 Å². The van der Waals surface area contributed by atoms with Gasteiger partial charge in [-0.05, 0) is 43.5 Å². The van der Waals surface area contributed by atoms with E-state index in [-0.39, 0.29) is 0 Å². The van der Waals surface area contributed by atoms with Crippen molar-refractivity contribution >= 4 is 0 Å². The number of hydrogen-bond acceptors (Lipinski definition) is 5. The van der Waals surface area contributed by atoms with Gasteiger partial charge in [0.2, 0.25) is 5.79 Å². The van der Waals surface area contributed by atoms with Crippen molar-refractivity contribution in [2.75, 3.05) is 26.3 Å². The molecule has 0 fully saturated rings. The van der Waals surface area contributed by atoms with Gasteiger partial charge in [0.15, 0.2) is 0 Å². The molecule has 5 heteroatoms. The Hall–Kier alpha value is -1.14. The molecule has 0 radical (unpaired) electrons. The first-order chi connectivity index (χ1) is 13.0. The summed E-state index contributed by atoms with van der Waals surface area (Å²) in [4.78, 5) is 0. The minimum atomic E-state index is -0.587. The Morgan fingerprint density at radius 2 is 1.93 bits per heavy atom. The highest BCUT2D eigenvalue weighted by Gasteiger charge is 2.27. The summed E-state index contributed by atoms with van der Waals surface area (Å²) >= 11 is 0. The number of rotatable bonds is 13. The number of aliphatic hydroxyl groups is 1. The van der Waals surface area contributed by atoms with Gasteiger partial charge >= 0.3 is 0 Å². The molecule has 2 N–H and O–H groups in total. The number of nitrogens with one attached hydrogen (secondary N) is 1. The molecule has 1 unspecified atom stereocenters. The Morgan fingerprint density at radius 1 is 1.15 bits per heavy atom. The summed E-state index contributed by atoms with van der Waals surface area (Å²) in [5, 5.41) is 13.8. The summed E-state index contributed by atoms with van der Waals surface area (Å²) in [7, 11) is 0. The van der Waals surface area contributed by atoms with E-state index in [1.165, 1.54) is 19.3 Å². The second-order valence-electron chi connectivity index (χ2n) is 7.76. The Bertz CT molecular complexity index is 547. The Morgan fingerprint density at radius 3 is 2.74 bits per heavy atom. The van der Waals surface area contributed by atoms with E-state index in [2.05, 4.69) is 12.2 Å². The molecule has 27 heavy (non-hydrogen) atoms. The van der Waals surface area contributed by atoms with E-state index in [1.54, 1.807) is 0 Å². The predicted octanol–water partition coefficient (Wildman–Crippen LogP) is 4.33. The molecule has 154 valence electrons. The third kappa shape index (κ3) is 8.18. The molecule has 0 spiro atoms. The second-order valence-corrected chi connectivity index (χ2v) is 7.76. The summed E-state index contributed by atoms with van der Waals surface area (Å²) in [5.74, 6) is 0.255. The number of unbranched alkanes of at least 4 members (excludes halogenated alkanes) is 4. The van der Waals surface area contributed by atoms with Gasteiger partial charge in [-0.25, -0.2) is 0 Å². The zero-order chi connectivity index (χ0) is 19.5. The normalized spacial score (nSPS) is 16.6. The third-order valence-corrected chi connectivity index (χ3v) is 4.77. The molecule has 1 aliphatic rings. The smallest absolute Gasteiger partial charge is 0.205 e. The molecule has 2 rings (SSSR count). The van der Waals surface area contributed by atoms with Crippen molar-refractivity contribution < 1.29 is 19.3 Å². The maximum Gasteiger partial charge on any atom is 0.205 e. The van der Waals surface area contributed by atoms with Crippen LogP contribution in [0.3, 0.4) is 0 Å². The lowest BCUT2D eigenvalue weighted by Crippen LogP contribution is -2.35. The lowest BCUT2D eigenvalue weighted by atomic mass is 10.0. The van der Waals surface area contributed by atoms with Crippen LogP contribution in [0.4, 0.5) is 0 Å². The van der Waals surface area contributed by atoms with E-state index in [9.17, 15) is 5.11 Å². The zero-order valence-electron chi connectivity index (χ0n) is 17.3. The first-order valence-electron chi connectivity index (χ1n) is 10.4. The van der Waals surface area contributed by atoms with Crippen molar-refractivity contribution in [2.24, 2.45) is 0 Å². The molecule has 0 aromatic heterocycles. The highest BCUT2D eigenvalue weighted by molar-refractivity contribution is 5.39. The van der Waals surface area contributed by atoms with E-state index in [0.717, 1.165) is 55.9 Å². The van der Waals surface area contributed by atoms with E-state index < -0.39 is 11.9 Å². The summed E-state index contributed by atoms with van der Waals surface area (Å²) < 4.78 is 17.0. The van der Waals surface area contributed by atoms with Crippen LogP contribution in [0.5, 0.6) is 5.75 Å². The number of benzene rings is 1. The molecule has 0 saturated heterocycles. The molecular weight excluding hydrogens is 342 g/mol. The highest BCUT2D eigenvalue weighted by Crippen LogP contribution is 2.32. The number of aliphatic hydroxyl groups excluding tert-OH is 1. The quantitative estimate of drug-likeness (QED) is 0.500. The van der Waals surface area contributed by atoms with Crippen molar-refractivity contribution in [3.8, 4) is 5.75 Å². The van der Waals surface area contributed by atoms with Crippen molar-refractivity contribution in [2.45, 2.75) is 77.8 Å². The summed E-state index contributed by atoms with van der Waals surface area (Å²) in [6, 6.07) is 5.85. The Kier molecular flexibility index (Phi) is 9.56. The van der Waals surface area contributed by atoms with Gasteiger partial charge in [-0.1, -0.05) is 32.3 Å². The van der Waals surface area contributed by atoms with Crippen LogP contribution in [-0.2, 0) is 16.1 Å². The molecule has 0 bridgehead atoms. The van der Waals surface area contributed by atoms with Crippen LogP contribution < -0.4 is 10.1 Å². The van der Waals surface area contributed by atoms with Crippen molar-refractivity contribution in [1.82, 2.24) is 5.32 Å². The monoisotopic (exact) mass is 379 g/mol. The molecule has 1 atom stereocenters. The topological polar surface area (TPSA) is 60.0 Å². The first kappa shape index (κ1) is 22.2. The van der Waals surface area contributed by atoms with Crippen LogP contribution in [-0.4, -0.2) is 37.2 Å². The van der Waals surface area contributed by atoms with Crippen LogP contribution in [0.25, 0.3) is 0 Å². The minimum Gasteiger partial charge on any atom is -0.463 e. The molecule has 1 aromatic carbocycles. The summed E-state index contributed by atoms with van der Waals surface area (Å²) in [5.41, 5.74) is 1.89. The predicted molar refractivity (Wildman–Crippen MR) is 108 cm³/mol. The van der Waals surface area contributed by atoms with Crippen molar-refractivity contribution in [3.05, 3.63) is 29.3 Å². The molecule has 5 nitrogen and oxygen atoms in total. The van der Waals surface area contributed by atoms with Gasteiger partial charge in [-0.2, -0.15) is 0 Å². The van der Waals surface area contributed by atoms with E-state index in [4.69, 9.17) is 14.2 Å². The fourth-order valence-electron chi connectivity index (χ4n) is 3.08. The fraction of sp³-hybridized carbons (Fsp3) is 0.727. The van der Waals surface area contributed by atoms with Gasteiger partial charge in [0.25, 0.3) is 0 Å². The van der Waals surface area contributed by atoms with Crippen molar-refractivity contribution in [3.63, 3.8) is 0 Å². The van der Waals surface area contributed by atoms with Gasteiger partial charge in [0.05, 0.1) is 12.7 Å². The minimum absolute atomic E-state index is 0.512. The van der Waals surface area contributed by atoms with Gasteiger partial charge < -0.3 is 24.6 Å². The van der Waals surface area contributed by atoms with Gasteiger partial charge in [-0.15, -0.1) is 0 Å². The molecule has 0 saturated carbocycles. The molecule has 1 aliphatic heterocycles. The maximum absolute atomic E-state index is 10.4. The lowest BCUT2D eigenvalue weighted by molar-refractivity contribution is -0.180. The summed E-state index contributed by atoms with van der Waals surface area (Å²) in [6.45, 7) is 9.78. The number of hydrogen-bond donors (Lipinski definition) is 2. The number of fused-ring (bicyclic) bond motifs is 1. The SMILES string of the molecule is CCCCOCCCCCCNCC(O)c1ccc2c(c1)COC(C)(C)O2. The molecule has 1 heterocycles. The van der Waals surface area contributed by atoms with Crippen LogP contribution in [0.1, 0.15) is 76.5 Å². The second kappa shape index (κ2) is 11.6. The average molecular weight is 380 g/mol. The molecule has 0 aliphatic carbocycles. The maximum atomic E-state index is 10.4. The van der Waals surface area contributed by atoms with Gasteiger partial charge in [0, 0.05) is 39.2 Å². The van der Waals surface area contributed by atoms with Crippen molar-refractivity contribution in [1.29, 1.82) is 0 Å². The zero-order valence-corrected chi connectivity index (χ0v) is 17.3. The lowest BCUT2D eigenvalue weighted by Gasteiger charge is -2.33. The van der Waals surface area contributed by atoms with Crippen LogP contribution in [0, 0.1) is 0 Å². The van der Waals surface area contributed by atoms with Gasteiger partial charge in [0.1, 0.15) is 5.75 Å².